The van der Waals surface area contributed by atoms with Gasteiger partial charge in [-0.2, -0.15) is 5.26 Å². The van der Waals surface area contributed by atoms with Crippen molar-refractivity contribution in [3.8, 4) is 11.8 Å². The summed E-state index contributed by atoms with van der Waals surface area (Å²) in [7, 11) is 1.60. The van der Waals surface area contributed by atoms with Gasteiger partial charge in [-0.15, -0.1) is 0 Å². The monoisotopic (exact) mass is 318 g/mol. The Morgan fingerprint density at radius 2 is 2.29 bits per heavy atom. The zero-order valence-electron chi connectivity index (χ0n) is 13.4. The Morgan fingerprint density at radius 3 is 3.04 bits per heavy atom. The second-order valence-corrected chi connectivity index (χ2v) is 5.41. The molecule has 0 radical (unpaired) electrons. The molecule has 3 rings (SSSR count). The lowest BCUT2D eigenvalue weighted by atomic mass is 10.0. The molecular formula is C19H18N4O. The highest BCUT2D eigenvalue weighted by molar-refractivity contribution is 6.01. The smallest absolute Gasteiger partial charge is 0.129 e. The van der Waals surface area contributed by atoms with Crippen molar-refractivity contribution in [3.05, 3.63) is 59.5 Å². The molecule has 0 aliphatic heterocycles. The van der Waals surface area contributed by atoms with Gasteiger partial charge in [0.1, 0.15) is 5.75 Å². The average Bonchev–Trinajstić information content (AvgIpc) is 3.03. The van der Waals surface area contributed by atoms with Gasteiger partial charge in [0.15, 0.2) is 0 Å². The van der Waals surface area contributed by atoms with Gasteiger partial charge >= 0.3 is 0 Å². The average molecular weight is 318 g/mol. The summed E-state index contributed by atoms with van der Waals surface area (Å²) in [5.41, 5.74) is 9.97. The molecule has 1 aromatic carbocycles. The second-order valence-electron chi connectivity index (χ2n) is 5.41. The second kappa shape index (κ2) is 6.99. The van der Waals surface area contributed by atoms with Crippen LogP contribution in [0.4, 0.5) is 0 Å². The molecule has 0 amide bonds. The number of nitrogens with two attached hydrogens (primary N) is 1. The van der Waals surface area contributed by atoms with E-state index in [-0.39, 0.29) is 0 Å². The summed E-state index contributed by atoms with van der Waals surface area (Å²) in [5, 5.41) is 10.7. The first-order chi connectivity index (χ1) is 11.8. The molecule has 0 fully saturated rings. The van der Waals surface area contributed by atoms with E-state index < -0.39 is 0 Å². The number of aromatic nitrogens is 2. The molecule has 0 bridgehead atoms. The normalized spacial score (nSPS) is 11.5. The van der Waals surface area contributed by atoms with E-state index in [4.69, 9.17) is 10.5 Å². The maximum atomic E-state index is 9.64. The molecule has 2 aromatic heterocycles. The molecule has 24 heavy (non-hydrogen) atoms. The Labute approximate surface area is 140 Å². The first-order valence-corrected chi connectivity index (χ1v) is 7.67. The fourth-order valence-corrected chi connectivity index (χ4v) is 2.73. The van der Waals surface area contributed by atoms with Crippen LogP contribution in [0, 0.1) is 11.3 Å². The topological polar surface area (TPSA) is 87.7 Å². The number of aromatic amines is 1. The zero-order valence-corrected chi connectivity index (χ0v) is 13.4. The SMILES string of the molecule is COc1ccncc1/C=C(\C#N)c1c[nH]c2ccc(CCN)cc12. The molecule has 5 nitrogen and oxygen atoms in total. The molecular weight excluding hydrogens is 300 g/mol. The van der Waals surface area contributed by atoms with Crippen LogP contribution in [0.2, 0.25) is 0 Å². The van der Waals surface area contributed by atoms with E-state index in [0.29, 0.717) is 17.9 Å². The van der Waals surface area contributed by atoms with Crippen molar-refractivity contribution in [1.82, 2.24) is 9.97 Å². The third-order valence-electron chi connectivity index (χ3n) is 3.92. The number of pyridine rings is 1. The summed E-state index contributed by atoms with van der Waals surface area (Å²) in [6.07, 6.45) is 7.80. The largest absolute Gasteiger partial charge is 0.496 e. The van der Waals surface area contributed by atoms with Crippen LogP contribution in [0.5, 0.6) is 5.75 Å². The van der Waals surface area contributed by atoms with Gasteiger partial charge in [-0.05, 0) is 42.8 Å². The van der Waals surface area contributed by atoms with Crippen LogP contribution in [0.25, 0.3) is 22.6 Å². The predicted molar refractivity (Wildman–Crippen MR) is 95.3 cm³/mol. The minimum atomic E-state index is 0.553. The summed E-state index contributed by atoms with van der Waals surface area (Å²) >= 11 is 0. The Hall–Kier alpha value is -3.10. The maximum Gasteiger partial charge on any atom is 0.129 e. The number of ether oxygens (including phenoxy) is 1. The summed E-state index contributed by atoms with van der Waals surface area (Å²) < 4.78 is 5.33. The summed E-state index contributed by atoms with van der Waals surface area (Å²) in [6, 6.07) is 10.2. The maximum absolute atomic E-state index is 9.64. The highest BCUT2D eigenvalue weighted by atomic mass is 16.5. The van der Waals surface area contributed by atoms with E-state index >= 15 is 0 Å². The number of hydrogen-bond acceptors (Lipinski definition) is 4. The number of benzene rings is 1. The van der Waals surface area contributed by atoms with Crippen LogP contribution in [0.3, 0.4) is 0 Å². The predicted octanol–water partition coefficient (Wildman–Crippen LogP) is 3.14. The van der Waals surface area contributed by atoms with E-state index in [1.165, 1.54) is 0 Å². The fraction of sp³-hybridized carbons (Fsp3) is 0.158. The van der Waals surface area contributed by atoms with Gasteiger partial charge in [0, 0.05) is 40.6 Å². The molecule has 0 aliphatic carbocycles. The van der Waals surface area contributed by atoms with Gasteiger partial charge in [0.05, 0.1) is 18.8 Å². The lowest BCUT2D eigenvalue weighted by molar-refractivity contribution is 0.413. The molecule has 0 saturated heterocycles. The van der Waals surface area contributed by atoms with Crippen molar-refractivity contribution in [1.29, 1.82) is 5.26 Å². The Bertz CT molecular complexity index is 934. The Kier molecular flexibility index (Phi) is 4.59. The molecule has 0 unspecified atom stereocenters. The van der Waals surface area contributed by atoms with Crippen LogP contribution < -0.4 is 10.5 Å². The number of nitrogens with one attached hydrogen (secondary N) is 1. The molecule has 0 spiro atoms. The summed E-state index contributed by atoms with van der Waals surface area (Å²) in [5.74, 6) is 0.682. The fourth-order valence-electron chi connectivity index (χ4n) is 2.73. The van der Waals surface area contributed by atoms with Gasteiger partial charge in [-0.25, -0.2) is 0 Å². The third kappa shape index (κ3) is 3.00. The van der Waals surface area contributed by atoms with E-state index in [2.05, 4.69) is 28.2 Å². The first kappa shape index (κ1) is 15.8. The molecule has 5 heteroatoms. The lowest BCUT2D eigenvalue weighted by Gasteiger charge is -2.05. The van der Waals surface area contributed by atoms with Gasteiger partial charge < -0.3 is 15.5 Å². The molecule has 3 aromatic rings. The number of nitrogens with zero attached hydrogens (tertiary/aromatic N) is 2. The number of H-pyrrole nitrogens is 1. The number of nitriles is 1. The number of methoxy groups -OCH3 is 1. The minimum Gasteiger partial charge on any atom is -0.496 e. The van der Waals surface area contributed by atoms with Gasteiger partial charge in [0.2, 0.25) is 0 Å². The van der Waals surface area contributed by atoms with E-state index in [9.17, 15) is 5.26 Å². The molecule has 0 saturated carbocycles. The zero-order chi connectivity index (χ0) is 16.9. The highest BCUT2D eigenvalue weighted by Gasteiger charge is 2.11. The quantitative estimate of drug-likeness (QED) is 0.707. The molecule has 3 N–H and O–H groups in total. The Morgan fingerprint density at radius 1 is 1.42 bits per heavy atom. The molecule has 120 valence electrons. The Balaban J connectivity index is 2.11. The van der Waals surface area contributed by atoms with Crippen molar-refractivity contribution in [2.75, 3.05) is 13.7 Å². The van der Waals surface area contributed by atoms with Crippen LogP contribution in [0.15, 0.2) is 42.9 Å². The first-order valence-electron chi connectivity index (χ1n) is 7.67. The minimum absolute atomic E-state index is 0.553. The molecule has 0 aliphatic rings. The van der Waals surface area contributed by atoms with Crippen LogP contribution in [-0.2, 0) is 6.42 Å². The van der Waals surface area contributed by atoms with E-state index in [1.54, 1.807) is 31.6 Å². The van der Waals surface area contributed by atoms with Crippen LogP contribution in [0.1, 0.15) is 16.7 Å². The van der Waals surface area contributed by atoms with Crippen molar-refractivity contribution < 1.29 is 4.74 Å². The number of hydrogen-bond donors (Lipinski definition) is 2. The summed E-state index contributed by atoms with van der Waals surface area (Å²) in [6.45, 7) is 0.596. The van der Waals surface area contributed by atoms with Crippen molar-refractivity contribution in [3.63, 3.8) is 0 Å². The van der Waals surface area contributed by atoms with Crippen LogP contribution in [-0.4, -0.2) is 23.6 Å². The standard InChI is InChI=1S/C19H18N4O/c1-24-19-5-7-22-11-15(19)9-14(10-21)17-12-23-18-3-2-13(4-6-20)8-16(17)18/h2-3,5,7-9,11-12,23H,4,6,20H2,1H3/b14-9+. The van der Waals surface area contributed by atoms with Gasteiger partial charge in [-0.3, -0.25) is 4.98 Å². The molecule has 2 heterocycles. The lowest BCUT2D eigenvalue weighted by Crippen LogP contribution is -2.02. The van der Waals surface area contributed by atoms with Gasteiger partial charge in [0.25, 0.3) is 0 Å². The number of allylic oxidation sites excluding steroid dienone is 1. The van der Waals surface area contributed by atoms with Crippen molar-refractivity contribution in [2.24, 2.45) is 5.73 Å². The molecule has 0 atom stereocenters. The number of fused-ring (bicyclic) bond motifs is 1. The number of rotatable bonds is 5. The summed E-state index contributed by atoms with van der Waals surface area (Å²) in [4.78, 5) is 7.32. The van der Waals surface area contributed by atoms with Crippen LogP contribution >= 0.6 is 0 Å². The van der Waals surface area contributed by atoms with Crippen molar-refractivity contribution >= 4 is 22.6 Å². The highest BCUT2D eigenvalue weighted by Crippen LogP contribution is 2.29. The van der Waals surface area contributed by atoms with Crippen molar-refractivity contribution in [2.45, 2.75) is 6.42 Å². The van der Waals surface area contributed by atoms with E-state index in [0.717, 1.165) is 34.0 Å². The van der Waals surface area contributed by atoms with E-state index in [1.807, 2.05) is 12.3 Å². The third-order valence-corrected chi connectivity index (χ3v) is 3.92. The van der Waals surface area contributed by atoms with Gasteiger partial charge in [-0.1, -0.05) is 6.07 Å².